The molecule has 0 radical (unpaired) electrons. The van der Waals surface area contributed by atoms with Gasteiger partial charge in [-0.15, -0.1) is 0 Å². The normalized spacial score (nSPS) is 24.4. The summed E-state index contributed by atoms with van der Waals surface area (Å²) >= 11 is 5.96. The van der Waals surface area contributed by atoms with E-state index in [0.717, 1.165) is 18.4 Å². The van der Waals surface area contributed by atoms with Crippen LogP contribution in [-0.4, -0.2) is 12.2 Å². The van der Waals surface area contributed by atoms with E-state index in [4.69, 9.17) is 16.3 Å². The molecule has 0 bridgehead atoms. The smallest absolute Gasteiger partial charge is 0.125 e. The lowest BCUT2D eigenvalue weighted by molar-refractivity contribution is 0.0698. The van der Waals surface area contributed by atoms with Gasteiger partial charge in [-0.2, -0.15) is 0 Å². The summed E-state index contributed by atoms with van der Waals surface area (Å²) in [5.41, 5.74) is -0.187. The summed E-state index contributed by atoms with van der Waals surface area (Å²) in [5.74, 6) is 0.679. The lowest BCUT2D eigenvalue weighted by atomic mass is 9.84. The second kappa shape index (κ2) is 4.48. The highest BCUT2D eigenvalue weighted by atomic mass is 35.5. The summed E-state index contributed by atoms with van der Waals surface area (Å²) in [6.45, 7) is 0. The lowest BCUT2D eigenvalue weighted by Gasteiger charge is -2.29. The van der Waals surface area contributed by atoms with Crippen LogP contribution >= 0.6 is 11.6 Å². The summed E-state index contributed by atoms with van der Waals surface area (Å²) < 4.78 is 5.27. The number of allylic oxidation sites excluding steroid dienone is 1. The van der Waals surface area contributed by atoms with Crippen LogP contribution in [0.2, 0.25) is 5.02 Å². The van der Waals surface area contributed by atoms with Gasteiger partial charge in [-0.25, -0.2) is 0 Å². The van der Waals surface area contributed by atoms with Crippen molar-refractivity contribution in [2.45, 2.75) is 24.9 Å². The first-order valence-corrected chi connectivity index (χ1v) is 5.77. The van der Waals surface area contributed by atoms with E-state index in [9.17, 15) is 5.11 Å². The van der Waals surface area contributed by atoms with Crippen molar-refractivity contribution in [1.29, 1.82) is 0 Å². The lowest BCUT2D eigenvalue weighted by Crippen LogP contribution is -2.25. The van der Waals surface area contributed by atoms with Crippen molar-refractivity contribution in [3.63, 3.8) is 0 Å². The second-order valence-corrected chi connectivity index (χ2v) is 4.50. The number of rotatable bonds is 2. The highest BCUT2D eigenvalue weighted by Crippen LogP contribution is 2.38. The van der Waals surface area contributed by atoms with E-state index in [1.807, 2.05) is 12.2 Å². The van der Waals surface area contributed by atoms with Gasteiger partial charge >= 0.3 is 0 Å². The fraction of sp³-hybridized carbons (Fsp3) is 0.385. The van der Waals surface area contributed by atoms with Gasteiger partial charge in [0.1, 0.15) is 11.4 Å². The fourth-order valence-corrected chi connectivity index (χ4v) is 2.27. The molecule has 16 heavy (non-hydrogen) atoms. The van der Waals surface area contributed by atoms with Crippen LogP contribution in [0.25, 0.3) is 0 Å². The molecule has 0 aliphatic heterocycles. The zero-order chi connectivity index (χ0) is 11.6. The molecule has 0 amide bonds. The Morgan fingerprint density at radius 1 is 1.44 bits per heavy atom. The molecule has 1 atom stereocenters. The SMILES string of the molecule is COc1ccc(Cl)cc1C1(O)C=CCCC1. The molecular formula is C13H15ClO2. The molecule has 0 saturated heterocycles. The van der Waals surface area contributed by atoms with Gasteiger partial charge in [0, 0.05) is 10.6 Å². The average molecular weight is 239 g/mol. The highest BCUT2D eigenvalue weighted by Gasteiger charge is 2.30. The minimum Gasteiger partial charge on any atom is -0.496 e. The van der Waals surface area contributed by atoms with E-state index < -0.39 is 5.60 Å². The minimum absolute atomic E-state index is 0.614. The zero-order valence-electron chi connectivity index (χ0n) is 9.24. The number of aliphatic hydroxyl groups is 1. The molecule has 0 aromatic heterocycles. The van der Waals surface area contributed by atoms with Crippen LogP contribution in [-0.2, 0) is 5.60 Å². The predicted molar refractivity (Wildman–Crippen MR) is 64.9 cm³/mol. The summed E-state index contributed by atoms with van der Waals surface area (Å²) in [6, 6.07) is 5.33. The Hall–Kier alpha value is -0.990. The van der Waals surface area contributed by atoms with E-state index in [2.05, 4.69) is 0 Å². The van der Waals surface area contributed by atoms with Gasteiger partial charge in [0.15, 0.2) is 0 Å². The molecule has 1 N–H and O–H groups in total. The van der Waals surface area contributed by atoms with Gasteiger partial charge in [0.2, 0.25) is 0 Å². The number of methoxy groups -OCH3 is 1. The minimum atomic E-state index is -0.936. The standard InChI is InChI=1S/C13H15ClO2/c1-16-12-6-5-10(14)9-11(12)13(15)7-3-2-4-8-13/h3,5-7,9,15H,2,4,8H2,1H3. The van der Waals surface area contributed by atoms with Crippen LogP contribution in [0.3, 0.4) is 0 Å². The molecule has 0 heterocycles. The van der Waals surface area contributed by atoms with E-state index >= 15 is 0 Å². The third kappa shape index (κ3) is 2.08. The Kier molecular flexibility index (Phi) is 3.22. The first-order chi connectivity index (χ1) is 7.65. The molecule has 2 rings (SSSR count). The Bertz CT molecular complexity index is 414. The maximum atomic E-state index is 10.6. The first kappa shape index (κ1) is 11.5. The van der Waals surface area contributed by atoms with Gasteiger partial charge in [-0.1, -0.05) is 23.8 Å². The topological polar surface area (TPSA) is 29.5 Å². The molecule has 1 aliphatic carbocycles. The van der Waals surface area contributed by atoms with Gasteiger partial charge in [-0.05, 0) is 37.5 Å². The fourth-order valence-electron chi connectivity index (χ4n) is 2.09. The molecule has 1 unspecified atom stereocenters. The van der Waals surface area contributed by atoms with Crippen LogP contribution in [0, 0.1) is 0 Å². The van der Waals surface area contributed by atoms with Crippen molar-refractivity contribution < 1.29 is 9.84 Å². The maximum Gasteiger partial charge on any atom is 0.125 e. The Labute approximate surface area is 101 Å². The van der Waals surface area contributed by atoms with E-state index in [-0.39, 0.29) is 0 Å². The van der Waals surface area contributed by atoms with E-state index in [1.54, 1.807) is 25.3 Å². The van der Waals surface area contributed by atoms with E-state index in [1.165, 1.54) is 0 Å². The Morgan fingerprint density at radius 3 is 2.88 bits per heavy atom. The van der Waals surface area contributed by atoms with Crippen LogP contribution in [0.15, 0.2) is 30.4 Å². The number of ether oxygens (including phenoxy) is 1. The monoisotopic (exact) mass is 238 g/mol. The largest absolute Gasteiger partial charge is 0.496 e. The Morgan fingerprint density at radius 2 is 2.25 bits per heavy atom. The first-order valence-electron chi connectivity index (χ1n) is 5.40. The van der Waals surface area contributed by atoms with Gasteiger partial charge < -0.3 is 9.84 Å². The third-order valence-electron chi connectivity index (χ3n) is 2.95. The van der Waals surface area contributed by atoms with Crippen molar-refractivity contribution >= 4 is 11.6 Å². The molecule has 1 aromatic carbocycles. The molecule has 1 aliphatic rings. The second-order valence-electron chi connectivity index (χ2n) is 4.06. The van der Waals surface area contributed by atoms with Crippen molar-refractivity contribution in [1.82, 2.24) is 0 Å². The predicted octanol–water partition coefficient (Wildman–Crippen LogP) is 3.28. The molecule has 2 nitrogen and oxygen atoms in total. The van der Waals surface area contributed by atoms with Crippen molar-refractivity contribution in [2.75, 3.05) is 7.11 Å². The zero-order valence-corrected chi connectivity index (χ0v) is 10.00. The van der Waals surface area contributed by atoms with E-state index in [0.29, 0.717) is 17.2 Å². The van der Waals surface area contributed by atoms with Crippen LogP contribution in [0.5, 0.6) is 5.75 Å². The van der Waals surface area contributed by atoms with Gasteiger partial charge in [0.25, 0.3) is 0 Å². The number of hydrogen-bond donors (Lipinski definition) is 1. The van der Waals surface area contributed by atoms with Crippen molar-refractivity contribution in [2.24, 2.45) is 0 Å². The van der Waals surface area contributed by atoms with Crippen molar-refractivity contribution in [3.05, 3.63) is 40.9 Å². The van der Waals surface area contributed by atoms with Crippen LogP contribution in [0.1, 0.15) is 24.8 Å². The molecule has 3 heteroatoms. The van der Waals surface area contributed by atoms with Gasteiger partial charge in [0.05, 0.1) is 7.11 Å². The van der Waals surface area contributed by atoms with Crippen molar-refractivity contribution in [3.8, 4) is 5.75 Å². The molecular weight excluding hydrogens is 224 g/mol. The molecule has 0 fully saturated rings. The number of halogens is 1. The van der Waals surface area contributed by atoms with Crippen LogP contribution in [0.4, 0.5) is 0 Å². The maximum absolute atomic E-state index is 10.6. The quantitative estimate of drug-likeness (QED) is 0.802. The number of benzene rings is 1. The summed E-state index contributed by atoms with van der Waals surface area (Å²) in [6.07, 6.45) is 6.54. The molecule has 0 saturated carbocycles. The highest BCUT2D eigenvalue weighted by molar-refractivity contribution is 6.30. The third-order valence-corrected chi connectivity index (χ3v) is 3.19. The summed E-state index contributed by atoms with van der Waals surface area (Å²) in [5, 5.41) is 11.2. The molecule has 86 valence electrons. The molecule has 0 spiro atoms. The summed E-state index contributed by atoms with van der Waals surface area (Å²) in [7, 11) is 1.60. The van der Waals surface area contributed by atoms with Gasteiger partial charge in [-0.3, -0.25) is 0 Å². The molecule has 1 aromatic rings. The Balaban J connectivity index is 2.48. The average Bonchev–Trinajstić information content (AvgIpc) is 2.30. The number of hydrogen-bond acceptors (Lipinski definition) is 2. The summed E-state index contributed by atoms with van der Waals surface area (Å²) in [4.78, 5) is 0. The van der Waals surface area contributed by atoms with Crippen LogP contribution < -0.4 is 4.74 Å².